The lowest BCUT2D eigenvalue weighted by Crippen LogP contribution is -2.15. The van der Waals surface area contributed by atoms with Gasteiger partial charge in [-0.15, -0.1) is 0 Å². The Morgan fingerprint density at radius 1 is 1.28 bits per heavy atom. The van der Waals surface area contributed by atoms with E-state index in [0.29, 0.717) is 19.8 Å². The molecule has 3 N–H and O–H groups in total. The fraction of sp³-hybridized carbons (Fsp3) is 0.308. The van der Waals surface area contributed by atoms with Crippen molar-refractivity contribution < 1.29 is 9.47 Å². The molecular formula is C13H15N3O2. The minimum absolute atomic E-state index is 0.434. The second kappa shape index (κ2) is 4.34. The molecule has 0 fully saturated rings. The predicted molar refractivity (Wildman–Crippen MR) is 67.6 cm³/mol. The lowest BCUT2D eigenvalue weighted by molar-refractivity contribution is 0.171. The molecule has 0 bridgehead atoms. The molecule has 0 saturated carbocycles. The molecule has 94 valence electrons. The number of hydrogen-bond donors (Lipinski definition) is 2. The van der Waals surface area contributed by atoms with Crippen molar-refractivity contribution in [2.24, 2.45) is 5.73 Å². The van der Waals surface area contributed by atoms with Gasteiger partial charge in [-0.3, -0.25) is 0 Å². The van der Waals surface area contributed by atoms with Crippen molar-refractivity contribution in [1.82, 2.24) is 9.97 Å². The number of nitrogens with two attached hydrogens (primary N) is 1. The van der Waals surface area contributed by atoms with Crippen LogP contribution in [0.2, 0.25) is 0 Å². The van der Waals surface area contributed by atoms with Crippen LogP contribution in [0.3, 0.4) is 0 Å². The zero-order valence-electron chi connectivity index (χ0n) is 10.2. The van der Waals surface area contributed by atoms with Crippen molar-refractivity contribution in [2.45, 2.75) is 13.5 Å². The van der Waals surface area contributed by atoms with Gasteiger partial charge in [-0.1, -0.05) is 0 Å². The number of nitrogens with zero attached hydrogens (tertiary/aromatic N) is 1. The summed E-state index contributed by atoms with van der Waals surface area (Å²) in [6, 6.07) is 3.96. The molecule has 5 nitrogen and oxygen atoms in total. The van der Waals surface area contributed by atoms with E-state index in [1.54, 1.807) is 6.33 Å². The Balaban J connectivity index is 2.12. The largest absolute Gasteiger partial charge is 0.486 e. The predicted octanol–water partition coefficient (Wildman–Crippen LogP) is 1.62. The number of benzene rings is 1. The van der Waals surface area contributed by atoms with Gasteiger partial charge in [0.25, 0.3) is 0 Å². The Hall–Kier alpha value is -2.01. The smallest absolute Gasteiger partial charge is 0.162 e. The molecule has 5 heteroatoms. The van der Waals surface area contributed by atoms with Gasteiger partial charge in [-0.25, -0.2) is 4.98 Å². The maximum absolute atomic E-state index is 5.69. The highest BCUT2D eigenvalue weighted by Crippen LogP contribution is 2.37. The molecule has 1 aromatic carbocycles. The number of H-pyrrole nitrogens is 1. The van der Waals surface area contributed by atoms with Crippen LogP contribution in [0, 0.1) is 6.92 Å². The van der Waals surface area contributed by atoms with Crippen LogP contribution in [0.25, 0.3) is 11.3 Å². The van der Waals surface area contributed by atoms with Crippen molar-refractivity contribution in [3.8, 4) is 22.8 Å². The third-order valence-electron chi connectivity index (χ3n) is 3.07. The van der Waals surface area contributed by atoms with E-state index in [9.17, 15) is 0 Å². The fourth-order valence-corrected chi connectivity index (χ4v) is 2.15. The van der Waals surface area contributed by atoms with Gasteiger partial charge in [0.1, 0.15) is 13.2 Å². The number of ether oxygens (including phenoxy) is 2. The van der Waals surface area contributed by atoms with Crippen LogP contribution in [0.15, 0.2) is 18.5 Å². The van der Waals surface area contributed by atoms with Crippen molar-refractivity contribution >= 4 is 0 Å². The number of aromatic nitrogens is 2. The van der Waals surface area contributed by atoms with E-state index in [1.165, 1.54) is 0 Å². The molecule has 0 aliphatic carbocycles. The maximum atomic E-state index is 5.69. The van der Waals surface area contributed by atoms with Gasteiger partial charge >= 0.3 is 0 Å². The maximum Gasteiger partial charge on any atom is 0.162 e. The molecule has 2 heterocycles. The van der Waals surface area contributed by atoms with Crippen LogP contribution in [-0.2, 0) is 6.54 Å². The van der Waals surface area contributed by atoms with Gasteiger partial charge in [-0.05, 0) is 24.6 Å². The summed E-state index contributed by atoms with van der Waals surface area (Å²) in [6.07, 6.45) is 1.66. The second-order valence-corrected chi connectivity index (χ2v) is 4.24. The molecule has 1 aromatic heterocycles. The van der Waals surface area contributed by atoms with Crippen LogP contribution in [0.1, 0.15) is 11.3 Å². The van der Waals surface area contributed by atoms with E-state index in [-0.39, 0.29) is 0 Å². The number of aryl methyl sites for hydroxylation is 1. The number of hydrogen-bond acceptors (Lipinski definition) is 4. The molecule has 1 aliphatic heterocycles. The van der Waals surface area contributed by atoms with Gasteiger partial charge in [0, 0.05) is 12.1 Å². The summed E-state index contributed by atoms with van der Waals surface area (Å²) < 4.78 is 11.2. The van der Waals surface area contributed by atoms with E-state index in [2.05, 4.69) is 9.97 Å². The number of aromatic amines is 1. The molecule has 0 atom stereocenters. The van der Waals surface area contributed by atoms with Crippen LogP contribution < -0.4 is 15.2 Å². The van der Waals surface area contributed by atoms with E-state index >= 15 is 0 Å². The molecule has 0 saturated heterocycles. The molecule has 0 amide bonds. The van der Waals surface area contributed by atoms with Gasteiger partial charge in [0.15, 0.2) is 11.5 Å². The summed E-state index contributed by atoms with van der Waals surface area (Å²) in [6.45, 7) is 3.65. The first-order chi connectivity index (χ1) is 8.79. The fourth-order valence-electron chi connectivity index (χ4n) is 2.15. The molecule has 0 spiro atoms. The average molecular weight is 245 g/mol. The molecule has 1 aliphatic rings. The monoisotopic (exact) mass is 245 g/mol. The Morgan fingerprint density at radius 2 is 2.00 bits per heavy atom. The molecule has 18 heavy (non-hydrogen) atoms. The zero-order chi connectivity index (χ0) is 12.5. The van der Waals surface area contributed by atoms with Gasteiger partial charge < -0.3 is 20.2 Å². The van der Waals surface area contributed by atoms with Crippen LogP contribution in [0.5, 0.6) is 11.5 Å². The first-order valence-electron chi connectivity index (χ1n) is 5.92. The summed E-state index contributed by atoms with van der Waals surface area (Å²) in [5.41, 5.74) is 9.63. The number of nitrogens with one attached hydrogen (secondary N) is 1. The number of imidazole rings is 1. The highest BCUT2D eigenvalue weighted by Gasteiger charge is 2.17. The van der Waals surface area contributed by atoms with Crippen molar-refractivity contribution in [3.63, 3.8) is 0 Å². The van der Waals surface area contributed by atoms with Crippen LogP contribution in [-0.4, -0.2) is 23.2 Å². The van der Waals surface area contributed by atoms with E-state index < -0.39 is 0 Å². The Labute approximate surface area is 105 Å². The third-order valence-corrected chi connectivity index (χ3v) is 3.07. The van der Waals surface area contributed by atoms with Gasteiger partial charge in [-0.2, -0.15) is 0 Å². The number of rotatable bonds is 2. The van der Waals surface area contributed by atoms with E-state index in [0.717, 1.165) is 34.0 Å². The highest BCUT2D eigenvalue weighted by atomic mass is 16.6. The molecule has 0 unspecified atom stereocenters. The van der Waals surface area contributed by atoms with E-state index in [1.807, 2.05) is 19.1 Å². The molecule has 0 radical (unpaired) electrons. The molecule has 3 rings (SSSR count). The SMILES string of the molecule is Cc1cc2c(cc1-c1nc[nH]c1CN)OCCO2. The lowest BCUT2D eigenvalue weighted by Gasteiger charge is -2.20. The van der Waals surface area contributed by atoms with Crippen molar-refractivity contribution in [2.75, 3.05) is 13.2 Å². The molecule has 2 aromatic rings. The first kappa shape index (κ1) is 11.1. The van der Waals surface area contributed by atoms with Crippen LogP contribution >= 0.6 is 0 Å². The quantitative estimate of drug-likeness (QED) is 0.843. The average Bonchev–Trinajstić information content (AvgIpc) is 2.86. The summed E-state index contributed by atoms with van der Waals surface area (Å²) in [7, 11) is 0. The topological polar surface area (TPSA) is 73.2 Å². The summed E-state index contributed by atoms with van der Waals surface area (Å²) in [5.74, 6) is 1.57. The summed E-state index contributed by atoms with van der Waals surface area (Å²) in [5, 5.41) is 0. The Morgan fingerprint density at radius 3 is 2.72 bits per heavy atom. The number of fused-ring (bicyclic) bond motifs is 1. The lowest BCUT2D eigenvalue weighted by atomic mass is 10.0. The molecular weight excluding hydrogens is 230 g/mol. The second-order valence-electron chi connectivity index (χ2n) is 4.24. The normalized spacial score (nSPS) is 13.7. The third kappa shape index (κ3) is 1.73. The Bertz CT molecular complexity index is 578. The Kier molecular flexibility index (Phi) is 2.68. The highest BCUT2D eigenvalue weighted by molar-refractivity contribution is 5.70. The van der Waals surface area contributed by atoms with Gasteiger partial charge in [0.2, 0.25) is 0 Å². The van der Waals surface area contributed by atoms with E-state index in [4.69, 9.17) is 15.2 Å². The standard InChI is InChI=1S/C13H15N3O2/c1-8-4-11-12(18-3-2-17-11)5-9(8)13-10(6-14)15-7-16-13/h4-5,7H,2-3,6,14H2,1H3,(H,15,16). The minimum atomic E-state index is 0.434. The zero-order valence-corrected chi connectivity index (χ0v) is 10.2. The summed E-state index contributed by atoms with van der Waals surface area (Å²) in [4.78, 5) is 7.39. The first-order valence-corrected chi connectivity index (χ1v) is 5.92. The van der Waals surface area contributed by atoms with Gasteiger partial charge in [0.05, 0.1) is 17.7 Å². The van der Waals surface area contributed by atoms with Crippen LogP contribution in [0.4, 0.5) is 0 Å². The minimum Gasteiger partial charge on any atom is -0.486 e. The van der Waals surface area contributed by atoms with Crippen molar-refractivity contribution in [1.29, 1.82) is 0 Å². The van der Waals surface area contributed by atoms with Crippen molar-refractivity contribution in [3.05, 3.63) is 29.7 Å². The summed E-state index contributed by atoms with van der Waals surface area (Å²) >= 11 is 0.